The van der Waals surface area contributed by atoms with Crippen molar-refractivity contribution in [2.24, 2.45) is 0 Å². The van der Waals surface area contributed by atoms with Crippen molar-refractivity contribution in [2.45, 2.75) is 6.42 Å². The first-order valence-corrected chi connectivity index (χ1v) is 8.73. The van der Waals surface area contributed by atoms with Gasteiger partial charge in [0.15, 0.2) is 0 Å². The second-order valence-electron chi connectivity index (χ2n) is 6.73. The van der Waals surface area contributed by atoms with Gasteiger partial charge in [0, 0.05) is 65.1 Å². The first-order valence-electron chi connectivity index (χ1n) is 8.73. The maximum atomic E-state index is 4.82. The van der Waals surface area contributed by atoms with Crippen molar-refractivity contribution in [1.29, 1.82) is 0 Å². The smallest absolute Gasteiger partial charge is 0.353 e. The van der Waals surface area contributed by atoms with Crippen molar-refractivity contribution < 1.29 is 21.1 Å². The van der Waals surface area contributed by atoms with Gasteiger partial charge in [-0.25, -0.2) is 9.97 Å². The Morgan fingerprint density at radius 1 is 0.769 bits per heavy atom. The van der Waals surface area contributed by atoms with Crippen molar-refractivity contribution in [3.63, 3.8) is 0 Å². The number of likely N-dealkylation sites (N-methyl/N-ethyl adjacent to an activating group) is 2. The molecule has 0 atom stereocenters. The number of aromatic nitrogens is 2. The predicted molar refractivity (Wildman–Crippen MR) is 103 cm³/mol. The van der Waals surface area contributed by atoms with E-state index >= 15 is 0 Å². The van der Waals surface area contributed by atoms with Gasteiger partial charge in [-0.15, -0.1) is 0 Å². The molecule has 2 saturated heterocycles. The van der Waals surface area contributed by atoms with Crippen LogP contribution in [-0.4, -0.2) is 75.0 Å². The minimum Gasteiger partial charge on any atom is -0.388 e. The molecule has 136 valence electrons. The second-order valence-corrected chi connectivity index (χ2v) is 6.73. The summed E-state index contributed by atoms with van der Waals surface area (Å²) in [5.41, 5.74) is 2.10. The molecule has 4 heterocycles. The third-order valence-corrected chi connectivity index (χ3v) is 4.60. The zero-order valence-electron chi connectivity index (χ0n) is 15.2. The molecule has 2 aromatic heterocycles. The first kappa shape index (κ1) is 19.4. The van der Waals surface area contributed by atoms with Crippen LogP contribution in [0.3, 0.4) is 0 Å². The number of nitrogens with zero attached hydrogens (tertiary/aromatic N) is 6. The number of anilines is 2. The molecule has 2 aliphatic heterocycles. The molecule has 2 aliphatic rings. The predicted octanol–water partition coefficient (Wildman–Crippen LogP) is 0.637. The molecule has 0 aromatic carbocycles. The molecule has 0 spiro atoms. The van der Waals surface area contributed by atoms with E-state index < -0.39 is 0 Å². The maximum absolute atomic E-state index is 4.82. The number of rotatable bonds is 4. The van der Waals surface area contributed by atoms with E-state index in [0.717, 1.165) is 55.6 Å². The van der Waals surface area contributed by atoms with Crippen LogP contribution in [0.4, 0.5) is 11.6 Å². The average molecular weight is 527 g/mol. The Morgan fingerprint density at radius 3 is 1.62 bits per heavy atom. The first-order chi connectivity index (χ1) is 12.2. The molecule has 26 heavy (non-hydrogen) atoms. The van der Waals surface area contributed by atoms with Crippen LogP contribution >= 0.6 is 0 Å². The Hall–Kier alpha value is -1.36. The Morgan fingerprint density at radius 2 is 1.23 bits per heavy atom. The molecule has 2 fully saturated rings. The summed E-state index contributed by atoms with van der Waals surface area (Å²) >= 11 is 0. The fourth-order valence-electron chi connectivity index (χ4n) is 3.22. The summed E-state index contributed by atoms with van der Waals surface area (Å²) in [6.45, 7) is 4.05. The van der Waals surface area contributed by atoms with Gasteiger partial charge in [0.2, 0.25) is 0 Å². The summed E-state index contributed by atoms with van der Waals surface area (Å²) in [5, 5.41) is 0. The fourth-order valence-corrected chi connectivity index (χ4v) is 3.22. The molecule has 0 bridgehead atoms. The van der Waals surface area contributed by atoms with Gasteiger partial charge in [-0.2, -0.15) is 0 Å². The van der Waals surface area contributed by atoms with Crippen molar-refractivity contribution in [3.05, 3.63) is 47.8 Å². The van der Waals surface area contributed by atoms with E-state index in [-0.39, 0.29) is 21.1 Å². The van der Waals surface area contributed by atoms with Gasteiger partial charge in [0.05, 0.1) is 0 Å². The Balaban J connectivity index is 0.00000196. The SMILES string of the molecule is CN1[B]N(c2cccc(Cc3cccc(N4[B]N(C)CC4)n3)n2)CC1.[Pt]. The van der Waals surface area contributed by atoms with E-state index in [0.29, 0.717) is 0 Å². The fraction of sp³-hybridized carbons (Fsp3) is 0.412. The summed E-state index contributed by atoms with van der Waals surface area (Å²) in [7, 11) is 8.41. The molecule has 9 heteroatoms. The second kappa shape index (κ2) is 8.55. The average Bonchev–Trinajstić information content (AvgIpc) is 3.24. The summed E-state index contributed by atoms with van der Waals surface area (Å²) in [6.07, 6.45) is 0.745. The van der Waals surface area contributed by atoms with Gasteiger partial charge in [-0.05, 0) is 38.4 Å². The van der Waals surface area contributed by atoms with E-state index in [4.69, 9.17) is 9.97 Å². The Bertz CT molecular complexity index is 687. The van der Waals surface area contributed by atoms with Crippen molar-refractivity contribution in [3.8, 4) is 0 Å². The van der Waals surface area contributed by atoms with E-state index in [9.17, 15) is 0 Å². The van der Waals surface area contributed by atoms with E-state index in [1.165, 1.54) is 0 Å². The normalized spacial score (nSPS) is 17.8. The Labute approximate surface area is 171 Å². The molecule has 0 saturated carbocycles. The number of hydrogen-bond donors (Lipinski definition) is 0. The maximum Gasteiger partial charge on any atom is 0.353 e. The number of pyridine rings is 2. The van der Waals surface area contributed by atoms with Gasteiger partial charge in [-0.1, -0.05) is 12.1 Å². The van der Waals surface area contributed by atoms with Crippen LogP contribution in [0.25, 0.3) is 0 Å². The zero-order valence-corrected chi connectivity index (χ0v) is 17.4. The van der Waals surface area contributed by atoms with Crippen LogP contribution in [0.1, 0.15) is 11.4 Å². The summed E-state index contributed by atoms with van der Waals surface area (Å²) < 4.78 is 0. The van der Waals surface area contributed by atoms with Crippen LogP contribution in [0.2, 0.25) is 0 Å². The molecule has 0 amide bonds. The van der Waals surface area contributed by atoms with Crippen LogP contribution in [0.15, 0.2) is 36.4 Å². The molecule has 2 aromatic rings. The van der Waals surface area contributed by atoms with Crippen molar-refractivity contribution >= 4 is 26.7 Å². The molecule has 0 unspecified atom stereocenters. The standard InChI is InChI=1S/C17H22B2N6.Pt/c1-22-9-11-24(18-22)16-7-3-5-14(20-16)13-15-6-4-8-17(21-15)25-12-10-23(2)19-25;/h3-8H,9-13H2,1-2H3;. The molecule has 0 aliphatic carbocycles. The van der Waals surface area contributed by atoms with Gasteiger partial charge < -0.3 is 19.2 Å². The van der Waals surface area contributed by atoms with Crippen LogP contribution in [-0.2, 0) is 27.5 Å². The molecular formula is C17H22B2N6Pt. The van der Waals surface area contributed by atoms with Crippen molar-refractivity contribution in [2.75, 3.05) is 49.9 Å². The minimum atomic E-state index is 0. The molecule has 4 rings (SSSR count). The van der Waals surface area contributed by atoms with Crippen molar-refractivity contribution in [1.82, 2.24) is 19.6 Å². The number of hydrogen-bond acceptors (Lipinski definition) is 6. The van der Waals surface area contributed by atoms with E-state index in [1.807, 2.05) is 0 Å². The Kier molecular flexibility index (Phi) is 6.38. The molecule has 0 N–H and O–H groups in total. The zero-order chi connectivity index (χ0) is 17.2. The summed E-state index contributed by atoms with van der Waals surface area (Å²) in [4.78, 5) is 18.4. The van der Waals surface area contributed by atoms with Crippen LogP contribution < -0.4 is 9.62 Å². The van der Waals surface area contributed by atoms with Gasteiger partial charge >= 0.3 is 15.1 Å². The van der Waals surface area contributed by atoms with Crippen LogP contribution in [0.5, 0.6) is 0 Å². The van der Waals surface area contributed by atoms with Gasteiger partial charge in [-0.3, -0.25) is 0 Å². The largest absolute Gasteiger partial charge is 0.388 e. The third kappa shape index (κ3) is 4.48. The van der Waals surface area contributed by atoms with E-state index in [2.05, 4.69) is 84.8 Å². The summed E-state index contributed by atoms with van der Waals surface area (Å²) in [6, 6.07) is 12.4. The minimum absolute atomic E-state index is 0. The van der Waals surface area contributed by atoms with Crippen LogP contribution in [0, 0.1) is 0 Å². The molecular weight excluding hydrogens is 505 g/mol. The quantitative estimate of drug-likeness (QED) is 0.545. The summed E-state index contributed by atoms with van der Waals surface area (Å²) in [5.74, 6) is 2.01. The van der Waals surface area contributed by atoms with E-state index in [1.54, 1.807) is 0 Å². The third-order valence-electron chi connectivity index (χ3n) is 4.60. The van der Waals surface area contributed by atoms with Gasteiger partial charge in [0.25, 0.3) is 0 Å². The van der Waals surface area contributed by atoms with Gasteiger partial charge in [0.1, 0.15) is 11.6 Å². The molecule has 6 nitrogen and oxygen atoms in total. The topological polar surface area (TPSA) is 38.7 Å². The monoisotopic (exact) mass is 527 g/mol. The molecule has 2 radical (unpaired) electrons.